The van der Waals surface area contributed by atoms with Gasteiger partial charge in [0, 0.05) is 32.7 Å². The molecule has 114 valence electrons. The predicted molar refractivity (Wildman–Crippen MR) is 66.4 cm³/mol. The maximum Gasteiger partial charge on any atom is 0.377 e. The Balaban J connectivity index is 1.96. The van der Waals surface area contributed by atoms with Crippen LogP contribution in [0.25, 0.3) is 0 Å². The lowest BCUT2D eigenvalue weighted by Crippen LogP contribution is -2.59. The maximum absolute atomic E-state index is 13.1. The Morgan fingerprint density at radius 3 is 2.95 bits per heavy atom. The SMILES string of the molecule is CCNC(=O)C1CNCCN1CC1CC(F)(F)C(=O)O1. The Kier molecular flexibility index (Phi) is 4.54. The fourth-order valence-electron chi connectivity index (χ4n) is 2.53. The number of alkyl halides is 2. The van der Waals surface area contributed by atoms with Crippen molar-refractivity contribution in [1.82, 2.24) is 15.5 Å². The number of halogens is 2. The molecule has 20 heavy (non-hydrogen) atoms. The van der Waals surface area contributed by atoms with Gasteiger partial charge >= 0.3 is 11.9 Å². The number of cyclic esters (lactones) is 1. The van der Waals surface area contributed by atoms with Crippen molar-refractivity contribution in [3.05, 3.63) is 0 Å². The Bertz CT molecular complexity index is 392. The third-order valence-electron chi connectivity index (χ3n) is 3.50. The average molecular weight is 291 g/mol. The minimum absolute atomic E-state index is 0.143. The van der Waals surface area contributed by atoms with E-state index in [2.05, 4.69) is 15.4 Å². The van der Waals surface area contributed by atoms with Gasteiger partial charge in [0.15, 0.2) is 0 Å². The zero-order valence-electron chi connectivity index (χ0n) is 11.3. The van der Waals surface area contributed by atoms with Gasteiger partial charge in [-0.25, -0.2) is 4.79 Å². The summed E-state index contributed by atoms with van der Waals surface area (Å²) in [7, 11) is 0. The monoisotopic (exact) mass is 291 g/mol. The van der Waals surface area contributed by atoms with E-state index >= 15 is 0 Å². The van der Waals surface area contributed by atoms with Crippen molar-refractivity contribution in [2.24, 2.45) is 0 Å². The van der Waals surface area contributed by atoms with E-state index in [0.717, 1.165) is 0 Å². The van der Waals surface area contributed by atoms with E-state index in [-0.39, 0.29) is 12.5 Å². The van der Waals surface area contributed by atoms with Gasteiger partial charge in [0.25, 0.3) is 0 Å². The van der Waals surface area contributed by atoms with Crippen molar-refractivity contribution in [3.8, 4) is 0 Å². The van der Waals surface area contributed by atoms with Crippen molar-refractivity contribution in [2.45, 2.75) is 31.4 Å². The van der Waals surface area contributed by atoms with Crippen LogP contribution in [0.1, 0.15) is 13.3 Å². The molecule has 1 amide bonds. The first-order chi connectivity index (χ1) is 9.44. The lowest BCUT2D eigenvalue weighted by molar-refractivity contribution is -0.159. The highest BCUT2D eigenvalue weighted by Gasteiger charge is 2.51. The number of carbonyl (C=O) groups excluding carboxylic acids is 2. The fraction of sp³-hybridized carbons (Fsp3) is 0.833. The highest BCUT2D eigenvalue weighted by Crippen LogP contribution is 2.31. The molecular formula is C12H19F2N3O3. The van der Waals surface area contributed by atoms with Gasteiger partial charge in [-0.3, -0.25) is 9.69 Å². The van der Waals surface area contributed by atoms with E-state index in [1.807, 2.05) is 6.92 Å². The summed E-state index contributed by atoms with van der Waals surface area (Å²) in [5.41, 5.74) is 0. The van der Waals surface area contributed by atoms with E-state index in [1.54, 1.807) is 4.90 Å². The van der Waals surface area contributed by atoms with Gasteiger partial charge in [-0.1, -0.05) is 0 Å². The number of ether oxygens (including phenoxy) is 1. The van der Waals surface area contributed by atoms with Crippen LogP contribution in [0, 0.1) is 0 Å². The molecule has 0 aliphatic carbocycles. The molecule has 0 aromatic carbocycles. The highest BCUT2D eigenvalue weighted by atomic mass is 19.3. The van der Waals surface area contributed by atoms with Crippen LogP contribution in [0.15, 0.2) is 0 Å². The summed E-state index contributed by atoms with van der Waals surface area (Å²) in [6.07, 6.45) is -1.47. The molecule has 2 aliphatic heterocycles. The molecule has 2 aliphatic rings. The number of likely N-dealkylation sites (N-methyl/N-ethyl adjacent to an activating group) is 1. The molecule has 0 spiro atoms. The molecule has 2 fully saturated rings. The summed E-state index contributed by atoms with van der Waals surface area (Å²) in [6, 6.07) is -0.420. The molecule has 2 N–H and O–H groups in total. The predicted octanol–water partition coefficient (Wildman–Crippen LogP) is -0.653. The molecule has 2 heterocycles. The maximum atomic E-state index is 13.1. The second-order valence-corrected chi connectivity index (χ2v) is 5.05. The van der Waals surface area contributed by atoms with Crippen molar-refractivity contribution in [2.75, 3.05) is 32.7 Å². The van der Waals surface area contributed by atoms with E-state index in [1.165, 1.54) is 0 Å². The second-order valence-electron chi connectivity index (χ2n) is 5.05. The quantitative estimate of drug-likeness (QED) is 0.673. The molecule has 0 saturated carbocycles. The number of hydrogen-bond donors (Lipinski definition) is 2. The number of carbonyl (C=O) groups is 2. The lowest BCUT2D eigenvalue weighted by Gasteiger charge is -2.36. The van der Waals surface area contributed by atoms with Crippen LogP contribution in [0.4, 0.5) is 8.78 Å². The highest BCUT2D eigenvalue weighted by molar-refractivity contribution is 5.82. The standard InChI is InChI=1S/C12H19F2N3O3/c1-2-16-10(18)9-6-15-3-4-17(9)7-8-5-12(13,14)11(19)20-8/h8-9,15H,2-7H2,1H3,(H,16,18). The van der Waals surface area contributed by atoms with Gasteiger partial charge in [-0.2, -0.15) is 8.78 Å². The summed E-state index contributed by atoms with van der Waals surface area (Å²) < 4.78 is 31.0. The summed E-state index contributed by atoms with van der Waals surface area (Å²) in [4.78, 5) is 24.7. The van der Waals surface area contributed by atoms with Crippen LogP contribution in [0.3, 0.4) is 0 Å². The molecule has 2 unspecified atom stereocenters. The van der Waals surface area contributed by atoms with Crippen LogP contribution >= 0.6 is 0 Å². The molecule has 0 bridgehead atoms. The van der Waals surface area contributed by atoms with Crippen molar-refractivity contribution >= 4 is 11.9 Å². The van der Waals surface area contributed by atoms with E-state index < -0.39 is 30.5 Å². The van der Waals surface area contributed by atoms with Crippen LogP contribution in [-0.2, 0) is 14.3 Å². The first-order valence-corrected chi connectivity index (χ1v) is 6.75. The zero-order valence-corrected chi connectivity index (χ0v) is 11.3. The molecule has 0 aromatic rings. The topological polar surface area (TPSA) is 70.7 Å². The van der Waals surface area contributed by atoms with Crippen LogP contribution in [-0.4, -0.2) is 67.6 Å². The minimum Gasteiger partial charge on any atom is -0.456 e. The molecule has 2 atom stereocenters. The smallest absolute Gasteiger partial charge is 0.377 e. The van der Waals surface area contributed by atoms with Crippen LogP contribution in [0.5, 0.6) is 0 Å². The number of nitrogens with zero attached hydrogens (tertiary/aromatic N) is 1. The fourth-order valence-corrected chi connectivity index (χ4v) is 2.53. The largest absolute Gasteiger partial charge is 0.456 e. The Hall–Kier alpha value is -1.28. The molecule has 6 nitrogen and oxygen atoms in total. The van der Waals surface area contributed by atoms with Gasteiger partial charge in [0.1, 0.15) is 12.1 Å². The number of hydrogen-bond acceptors (Lipinski definition) is 5. The van der Waals surface area contributed by atoms with Crippen molar-refractivity contribution in [1.29, 1.82) is 0 Å². The third-order valence-corrected chi connectivity index (χ3v) is 3.50. The average Bonchev–Trinajstić information content (AvgIpc) is 2.63. The Labute approximate surface area is 115 Å². The number of nitrogens with one attached hydrogen (secondary N) is 2. The third kappa shape index (κ3) is 3.24. The van der Waals surface area contributed by atoms with Gasteiger partial charge < -0.3 is 15.4 Å². The van der Waals surface area contributed by atoms with Crippen molar-refractivity contribution < 1.29 is 23.1 Å². The second kappa shape index (κ2) is 6.01. The molecule has 2 rings (SSSR count). The zero-order chi connectivity index (χ0) is 14.8. The normalized spacial score (nSPS) is 30.1. The van der Waals surface area contributed by atoms with Crippen LogP contribution in [0.2, 0.25) is 0 Å². The number of amides is 1. The summed E-state index contributed by atoms with van der Waals surface area (Å²) >= 11 is 0. The van der Waals surface area contributed by atoms with Crippen LogP contribution < -0.4 is 10.6 Å². The van der Waals surface area contributed by atoms with Gasteiger partial charge in [0.05, 0.1) is 6.42 Å². The first-order valence-electron chi connectivity index (χ1n) is 6.75. The van der Waals surface area contributed by atoms with Gasteiger partial charge in [-0.15, -0.1) is 0 Å². The first kappa shape index (κ1) is 15.1. The number of piperazine rings is 1. The van der Waals surface area contributed by atoms with E-state index in [9.17, 15) is 18.4 Å². The van der Waals surface area contributed by atoms with Crippen molar-refractivity contribution in [3.63, 3.8) is 0 Å². The Morgan fingerprint density at radius 1 is 1.60 bits per heavy atom. The number of rotatable bonds is 4. The summed E-state index contributed by atoms with van der Waals surface area (Å²) in [6.45, 7) is 4.18. The molecule has 0 radical (unpaired) electrons. The molecule has 2 saturated heterocycles. The molecule has 8 heteroatoms. The number of esters is 1. The molecular weight excluding hydrogens is 272 g/mol. The van der Waals surface area contributed by atoms with E-state index in [0.29, 0.717) is 26.2 Å². The molecule has 0 aromatic heterocycles. The minimum atomic E-state index is -3.40. The van der Waals surface area contributed by atoms with Gasteiger partial charge in [-0.05, 0) is 6.92 Å². The Morgan fingerprint density at radius 2 is 2.35 bits per heavy atom. The van der Waals surface area contributed by atoms with Gasteiger partial charge in [0.2, 0.25) is 5.91 Å². The van der Waals surface area contributed by atoms with E-state index in [4.69, 9.17) is 0 Å². The summed E-state index contributed by atoms with van der Waals surface area (Å²) in [5, 5.41) is 5.81. The lowest BCUT2D eigenvalue weighted by atomic mass is 10.1. The summed E-state index contributed by atoms with van der Waals surface area (Å²) in [5.74, 6) is -5.01.